The van der Waals surface area contributed by atoms with E-state index in [0.29, 0.717) is 17.8 Å². The summed E-state index contributed by atoms with van der Waals surface area (Å²) in [5, 5.41) is 11.2. The van der Waals surface area contributed by atoms with Gasteiger partial charge in [-0.1, -0.05) is 12.1 Å². The van der Waals surface area contributed by atoms with Crippen molar-refractivity contribution in [2.24, 2.45) is 0 Å². The van der Waals surface area contributed by atoms with E-state index in [4.69, 9.17) is 5.21 Å². The second-order valence-electron chi connectivity index (χ2n) is 4.24. The van der Waals surface area contributed by atoms with Crippen LogP contribution in [0.1, 0.15) is 24.9 Å². The molecule has 1 aromatic heterocycles. The van der Waals surface area contributed by atoms with E-state index in [1.54, 1.807) is 12.1 Å². The minimum absolute atomic E-state index is 0.243. The van der Waals surface area contributed by atoms with Crippen LogP contribution in [0.5, 0.6) is 0 Å². The Balaban J connectivity index is 1.87. The SMILES string of the molecule is O=C(NO)c1ccc(C(=O)NCCc2cccc(F)c2)s1. The predicted octanol–water partition coefficient (Wildman–Crippen LogP) is 1.98. The fraction of sp³-hybridized carbons (Fsp3) is 0.143. The number of carbonyl (C=O) groups is 2. The molecule has 0 unspecified atom stereocenters. The highest BCUT2D eigenvalue weighted by Crippen LogP contribution is 2.16. The van der Waals surface area contributed by atoms with E-state index >= 15 is 0 Å². The Morgan fingerprint density at radius 1 is 1.14 bits per heavy atom. The fourth-order valence-electron chi connectivity index (χ4n) is 1.74. The molecule has 0 spiro atoms. The molecule has 2 amide bonds. The van der Waals surface area contributed by atoms with Crippen molar-refractivity contribution in [2.45, 2.75) is 6.42 Å². The van der Waals surface area contributed by atoms with Crippen LogP contribution >= 0.6 is 11.3 Å². The number of hydrogen-bond donors (Lipinski definition) is 3. The van der Waals surface area contributed by atoms with Gasteiger partial charge in [-0.3, -0.25) is 14.8 Å². The molecule has 0 atom stereocenters. The summed E-state index contributed by atoms with van der Waals surface area (Å²) >= 11 is 0.978. The summed E-state index contributed by atoms with van der Waals surface area (Å²) in [4.78, 5) is 23.6. The Hall–Kier alpha value is -2.25. The van der Waals surface area contributed by atoms with E-state index in [-0.39, 0.29) is 16.6 Å². The maximum atomic E-state index is 13.0. The molecule has 0 aliphatic carbocycles. The van der Waals surface area contributed by atoms with Gasteiger partial charge in [-0.25, -0.2) is 9.87 Å². The summed E-state index contributed by atoms with van der Waals surface area (Å²) in [6.45, 7) is 0.363. The Morgan fingerprint density at radius 3 is 2.52 bits per heavy atom. The lowest BCUT2D eigenvalue weighted by atomic mass is 10.1. The second-order valence-corrected chi connectivity index (χ2v) is 5.32. The summed E-state index contributed by atoms with van der Waals surface area (Å²) in [5.74, 6) is -1.27. The van der Waals surface area contributed by atoms with Gasteiger partial charge < -0.3 is 5.32 Å². The molecule has 3 N–H and O–H groups in total. The van der Waals surface area contributed by atoms with Gasteiger partial charge in [0.2, 0.25) is 0 Å². The van der Waals surface area contributed by atoms with Crippen molar-refractivity contribution < 1.29 is 19.2 Å². The van der Waals surface area contributed by atoms with Gasteiger partial charge in [-0.15, -0.1) is 11.3 Å². The molecule has 0 saturated carbocycles. The van der Waals surface area contributed by atoms with E-state index in [1.165, 1.54) is 29.7 Å². The molecule has 7 heteroatoms. The molecule has 110 valence electrons. The molecule has 21 heavy (non-hydrogen) atoms. The number of carbonyl (C=O) groups excluding carboxylic acids is 2. The van der Waals surface area contributed by atoms with Crippen LogP contribution in [0.15, 0.2) is 36.4 Å². The largest absolute Gasteiger partial charge is 0.351 e. The molecule has 1 heterocycles. The highest BCUT2D eigenvalue weighted by Gasteiger charge is 2.12. The van der Waals surface area contributed by atoms with E-state index in [9.17, 15) is 14.0 Å². The minimum Gasteiger partial charge on any atom is -0.351 e. The zero-order valence-electron chi connectivity index (χ0n) is 10.9. The van der Waals surface area contributed by atoms with Crippen LogP contribution in [0.25, 0.3) is 0 Å². The molecule has 2 aromatic rings. The summed E-state index contributed by atoms with van der Waals surface area (Å²) in [6, 6.07) is 9.14. The van der Waals surface area contributed by atoms with Crippen LogP contribution in [-0.4, -0.2) is 23.6 Å². The topological polar surface area (TPSA) is 78.4 Å². The van der Waals surface area contributed by atoms with Crippen LogP contribution in [0.2, 0.25) is 0 Å². The molecule has 5 nitrogen and oxygen atoms in total. The molecular formula is C14H13FN2O3S. The number of hydroxylamine groups is 1. The molecule has 0 fully saturated rings. The highest BCUT2D eigenvalue weighted by molar-refractivity contribution is 7.15. The van der Waals surface area contributed by atoms with Crippen LogP contribution in [0.3, 0.4) is 0 Å². The minimum atomic E-state index is -0.654. The standard InChI is InChI=1S/C14H13FN2O3S/c15-10-3-1-2-9(8-10)6-7-16-13(18)11-4-5-12(21-11)14(19)17-20/h1-5,8,20H,6-7H2,(H,16,18)(H,17,19). The third-order valence-electron chi connectivity index (χ3n) is 2.74. The maximum Gasteiger partial charge on any atom is 0.284 e. The molecule has 2 rings (SSSR count). The first-order chi connectivity index (χ1) is 10.1. The summed E-state index contributed by atoms with van der Waals surface area (Å²) in [6.07, 6.45) is 0.513. The number of thiophene rings is 1. The normalized spacial score (nSPS) is 10.2. The van der Waals surface area contributed by atoms with Crippen molar-refractivity contribution in [3.63, 3.8) is 0 Å². The predicted molar refractivity (Wildman–Crippen MR) is 76.0 cm³/mol. The van der Waals surface area contributed by atoms with Gasteiger partial charge in [0.1, 0.15) is 5.82 Å². The molecule has 0 radical (unpaired) electrons. The number of benzene rings is 1. The summed E-state index contributed by atoms with van der Waals surface area (Å²) < 4.78 is 13.0. The van der Waals surface area contributed by atoms with Crippen molar-refractivity contribution in [3.8, 4) is 0 Å². The Labute approximate surface area is 124 Å². The zero-order chi connectivity index (χ0) is 15.2. The summed E-state index contributed by atoms with van der Waals surface area (Å²) in [5.41, 5.74) is 2.30. The van der Waals surface area contributed by atoms with Crippen molar-refractivity contribution in [3.05, 3.63) is 57.5 Å². The number of halogens is 1. The van der Waals surface area contributed by atoms with Crippen molar-refractivity contribution in [1.29, 1.82) is 0 Å². The third-order valence-corrected chi connectivity index (χ3v) is 3.83. The Kier molecular flexibility index (Phi) is 5.02. The first kappa shape index (κ1) is 15.1. The number of hydrogen-bond acceptors (Lipinski definition) is 4. The van der Waals surface area contributed by atoms with Crippen LogP contribution in [-0.2, 0) is 6.42 Å². The summed E-state index contributed by atoms with van der Waals surface area (Å²) in [7, 11) is 0. The van der Waals surface area contributed by atoms with Crippen LogP contribution in [0.4, 0.5) is 4.39 Å². The number of nitrogens with one attached hydrogen (secondary N) is 2. The highest BCUT2D eigenvalue weighted by atomic mass is 32.1. The second kappa shape index (κ2) is 6.96. The lowest BCUT2D eigenvalue weighted by molar-refractivity contribution is 0.0711. The quantitative estimate of drug-likeness (QED) is 0.584. The van der Waals surface area contributed by atoms with Gasteiger partial charge >= 0.3 is 0 Å². The first-order valence-corrected chi connectivity index (χ1v) is 6.98. The monoisotopic (exact) mass is 308 g/mol. The molecule has 0 saturated heterocycles. The van der Waals surface area contributed by atoms with E-state index in [0.717, 1.165) is 16.9 Å². The maximum absolute atomic E-state index is 13.0. The van der Waals surface area contributed by atoms with Crippen molar-refractivity contribution in [2.75, 3.05) is 6.54 Å². The molecule has 1 aromatic carbocycles. The lowest BCUT2D eigenvalue weighted by Gasteiger charge is -2.04. The molecule has 0 aliphatic heterocycles. The first-order valence-electron chi connectivity index (χ1n) is 6.17. The van der Waals surface area contributed by atoms with Gasteiger partial charge in [-0.05, 0) is 36.2 Å². The van der Waals surface area contributed by atoms with Gasteiger partial charge in [-0.2, -0.15) is 0 Å². The van der Waals surface area contributed by atoms with E-state index < -0.39 is 5.91 Å². The average Bonchev–Trinajstić information content (AvgIpc) is 2.96. The smallest absolute Gasteiger partial charge is 0.284 e. The third kappa shape index (κ3) is 4.11. The lowest BCUT2D eigenvalue weighted by Crippen LogP contribution is -2.24. The number of amides is 2. The molecular weight excluding hydrogens is 295 g/mol. The van der Waals surface area contributed by atoms with Crippen LogP contribution in [0, 0.1) is 5.82 Å². The molecule has 0 aliphatic rings. The van der Waals surface area contributed by atoms with Gasteiger partial charge in [0.25, 0.3) is 11.8 Å². The Bertz CT molecular complexity index is 657. The molecule has 0 bridgehead atoms. The van der Waals surface area contributed by atoms with Crippen LogP contribution < -0.4 is 10.8 Å². The average molecular weight is 308 g/mol. The Morgan fingerprint density at radius 2 is 1.86 bits per heavy atom. The van der Waals surface area contributed by atoms with E-state index in [2.05, 4.69) is 5.32 Å². The van der Waals surface area contributed by atoms with Crippen molar-refractivity contribution >= 4 is 23.2 Å². The van der Waals surface area contributed by atoms with Gasteiger partial charge in [0.15, 0.2) is 0 Å². The fourth-order valence-corrected chi connectivity index (χ4v) is 2.55. The van der Waals surface area contributed by atoms with Gasteiger partial charge in [0, 0.05) is 6.54 Å². The zero-order valence-corrected chi connectivity index (χ0v) is 11.7. The number of rotatable bonds is 5. The van der Waals surface area contributed by atoms with E-state index in [1.807, 2.05) is 0 Å². The van der Waals surface area contributed by atoms with Gasteiger partial charge in [0.05, 0.1) is 9.75 Å². The van der Waals surface area contributed by atoms with Crippen molar-refractivity contribution in [1.82, 2.24) is 10.8 Å².